The Bertz CT molecular complexity index is 1260. The fraction of sp³-hybridized carbons (Fsp3) is 0.364. The number of sulfonamides is 1. The lowest BCUT2D eigenvalue weighted by atomic mass is 9.93. The van der Waals surface area contributed by atoms with E-state index in [1.54, 1.807) is 0 Å². The fourth-order valence-corrected chi connectivity index (χ4v) is 4.80. The molecule has 0 aliphatic rings. The van der Waals surface area contributed by atoms with Gasteiger partial charge in [0.25, 0.3) is 5.56 Å². The quantitative estimate of drug-likeness (QED) is 0.534. The Balaban J connectivity index is 1.96. The summed E-state index contributed by atoms with van der Waals surface area (Å²) in [6.45, 7) is 8.19. The van der Waals surface area contributed by atoms with Crippen molar-refractivity contribution in [2.75, 3.05) is 0 Å². The van der Waals surface area contributed by atoms with Gasteiger partial charge in [-0.3, -0.25) is 9.78 Å². The van der Waals surface area contributed by atoms with Gasteiger partial charge in [-0.1, -0.05) is 52.0 Å². The summed E-state index contributed by atoms with van der Waals surface area (Å²) in [5, 5.41) is 0.108. The number of rotatable bonds is 7. The van der Waals surface area contributed by atoms with Crippen LogP contribution >= 0.6 is 0 Å². The summed E-state index contributed by atoms with van der Waals surface area (Å²) in [7, 11) is -3.90. The van der Waals surface area contributed by atoms with Crippen LogP contribution in [0.15, 0.2) is 56.9 Å². The van der Waals surface area contributed by atoms with Crippen LogP contribution in [0.3, 0.4) is 0 Å². The number of nitrogens with one attached hydrogen (secondary N) is 3. The van der Waals surface area contributed by atoms with Crippen LogP contribution in [0.4, 0.5) is 0 Å². The lowest BCUT2D eigenvalue weighted by Crippen LogP contribution is -2.32. The molecule has 0 saturated heterocycles. The van der Waals surface area contributed by atoms with Gasteiger partial charge >= 0.3 is 5.69 Å². The highest BCUT2D eigenvalue weighted by molar-refractivity contribution is 7.89. The van der Waals surface area contributed by atoms with Gasteiger partial charge in [0.05, 0.1) is 15.8 Å². The molecule has 30 heavy (non-hydrogen) atoms. The molecule has 0 bridgehead atoms. The molecule has 3 N–H and O–H groups in total. The molecule has 1 aromatic heterocycles. The van der Waals surface area contributed by atoms with E-state index in [2.05, 4.69) is 28.5 Å². The maximum Gasteiger partial charge on any atom is 0.326 e. The van der Waals surface area contributed by atoms with Crippen molar-refractivity contribution in [3.05, 3.63) is 74.4 Å². The van der Waals surface area contributed by atoms with E-state index < -0.39 is 27.3 Å². The predicted molar refractivity (Wildman–Crippen MR) is 118 cm³/mol. The molecule has 0 aliphatic heterocycles. The smallest absolute Gasteiger partial charge is 0.307 e. The maximum atomic E-state index is 13.1. The molecule has 0 saturated carbocycles. The van der Waals surface area contributed by atoms with Gasteiger partial charge in [-0.05, 0) is 47.6 Å². The Kier molecular flexibility index (Phi) is 6.28. The van der Waals surface area contributed by atoms with Crippen LogP contribution in [0.1, 0.15) is 57.2 Å². The standard InChI is InChI=1S/C22H27N3O4S/c1-5-14(4)15-6-8-16(9-7-15)20(13(2)3)25-30(28,29)17-10-11-19-18(12-17)21(26)24-22(27)23-19/h6-14,20,25H,5H2,1-4H3,(H2,23,24,26,27)/t14-,20+/m0/s1. The Morgan fingerprint density at radius 3 is 2.17 bits per heavy atom. The third-order valence-electron chi connectivity index (χ3n) is 5.45. The molecule has 3 rings (SSSR count). The molecule has 8 heteroatoms. The Labute approximate surface area is 175 Å². The Morgan fingerprint density at radius 2 is 1.57 bits per heavy atom. The molecule has 0 unspecified atom stereocenters. The minimum atomic E-state index is -3.90. The van der Waals surface area contributed by atoms with Gasteiger partial charge in [0.1, 0.15) is 0 Å². The van der Waals surface area contributed by atoms with Crippen LogP contribution in [-0.4, -0.2) is 18.4 Å². The van der Waals surface area contributed by atoms with Gasteiger partial charge in [0, 0.05) is 6.04 Å². The summed E-state index contributed by atoms with van der Waals surface area (Å²) in [5.74, 6) is 0.449. The van der Waals surface area contributed by atoms with Crippen molar-refractivity contribution < 1.29 is 8.42 Å². The van der Waals surface area contributed by atoms with Crippen LogP contribution < -0.4 is 16.0 Å². The number of hydrogen-bond donors (Lipinski definition) is 3. The number of hydrogen-bond acceptors (Lipinski definition) is 4. The van der Waals surface area contributed by atoms with Gasteiger partial charge in [-0.15, -0.1) is 0 Å². The first-order valence-corrected chi connectivity index (χ1v) is 11.5. The van der Waals surface area contributed by atoms with E-state index in [1.807, 2.05) is 38.1 Å². The average Bonchev–Trinajstić information content (AvgIpc) is 2.71. The normalized spacial score (nSPS) is 14.2. The molecule has 0 spiro atoms. The molecular weight excluding hydrogens is 402 g/mol. The van der Waals surface area contributed by atoms with E-state index in [1.165, 1.54) is 23.8 Å². The van der Waals surface area contributed by atoms with Gasteiger partial charge < -0.3 is 4.98 Å². The molecule has 0 amide bonds. The zero-order valence-corrected chi connectivity index (χ0v) is 18.3. The summed E-state index contributed by atoms with van der Waals surface area (Å²) in [4.78, 5) is 28.0. The maximum absolute atomic E-state index is 13.1. The minimum absolute atomic E-state index is 0.00874. The zero-order valence-electron chi connectivity index (χ0n) is 17.5. The van der Waals surface area contributed by atoms with E-state index in [9.17, 15) is 18.0 Å². The molecule has 0 fully saturated rings. The third kappa shape index (κ3) is 4.55. The lowest BCUT2D eigenvalue weighted by molar-refractivity contribution is 0.463. The Hall–Kier alpha value is -2.71. The number of aromatic nitrogens is 2. The second kappa shape index (κ2) is 8.57. The lowest BCUT2D eigenvalue weighted by Gasteiger charge is -2.23. The molecule has 0 radical (unpaired) electrons. The minimum Gasteiger partial charge on any atom is -0.307 e. The molecule has 1 heterocycles. The van der Waals surface area contributed by atoms with Gasteiger partial charge in [0.2, 0.25) is 10.0 Å². The highest BCUT2D eigenvalue weighted by Gasteiger charge is 2.24. The number of H-pyrrole nitrogens is 2. The molecular formula is C22H27N3O4S. The first-order chi connectivity index (χ1) is 14.1. The van der Waals surface area contributed by atoms with Crippen molar-refractivity contribution in [1.29, 1.82) is 0 Å². The molecule has 0 aliphatic carbocycles. The first kappa shape index (κ1) is 22.0. The number of benzene rings is 2. The highest BCUT2D eigenvalue weighted by Crippen LogP contribution is 2.27. The van der Waals surface area contributed by atoms with Crippen molar-refractivity contribution in [1.82, 2.24) is 14.7 Å². The molecule has 160 valence electrons. The van der Waals surface area contributed by atoms with Crippen molar-refractivity contribution in [2.24, 2.45) is 5.92 Å². The third-order valence-corrected chi connectivity index (χ3v) is 6.89. The van der Waals surface area contributed by atoms with E-state index in [-0.39, 0.29) is 21.7 Å². The summed E-state index contributed by atoms with van der Waals surface area (Å²) >= 11 is 0. The zero-order chi connectivity index (χ0) is 22.1. The van der Waals surface area contributed by atoms with Crippen LogP contribution in [-0.2, 0) is 10.0 Å². The Morgan fingerprint density at radius 1 is 0.933 bits per heavy atom. The van der Waals surface area contributed by atoms with Gasteiger partial charge in [0.15, 0.2) is 0 Å². The topological polar surface area (TPSA) is 112 Å². The average molecular weight is 430 g/mol. The van der Waals surface area contributed by atoms with Crippen molar-refractivity contribution in [3.8, 4) is 0 Å². The molecule has 7 nitrogen and oxygen atoms in total. The highest BCUT2D eigenvalue weighted by atomic mass is 32.2. The van der Waals surface area contributed by atoms with Gasteiger partial charge in [-0.2, -0.15) is 0 Å². The van der Waals surface area contributed by atoms with Crippen LogP contribution in [0, 0.1) is 5.92 Å². The number of fused-ring (bicyclic) bond motifs is 1. The van der Waals surface area contributed by atoms with Gasteiger partial charge in [-0.25, -0.2) is 17.9 Å². The summed E-state index contributed by atoms with van der Waals surface area (Å²) in [5.41, 5.74) is 1.11. The molecule has 2 atom stereocenters. The van der Waals surface area contributed by atoms with E-state index >= 15 is 0 Å². The van der Waals surface area contributed by atoms with Crippen molar-refractivity contribution >= 4 is 20.9 Å². The van der Waals surface area contributed by atoms with Crippen molar-refractivity contribution in [3.63, 3.8) is 0 Å². The monoisotopic (exact) mass is 429 g/mol. The first-order valence-electron chi connectivity index (χ1n) is 10.0. The van der Waals surface area contributed by atoms with E-state index in [0.29, 0.717) is 5.92 Å². The fourth-order valence-electron chi connectivity index (χ4n) is 3.40. The second-order valence-corrected chi connectivity index (χ2v) is 9.65. The van der Waals surface area contributed by atoms with Crippen LogP contribution in [0.25, 0.3) is 10.9 Å². The summed E-state index contributed by atoms with van der Waals surface area (Å²) in [6, 6.07) is 11.7. The molecule has 2 aromatic carbocycles. The largest absolute Gasteiger partial charge is 0.326 e. The second-order valence-electron chi connectivity index (χ2n) is 7.93. The summed E-state index contributed by atoms with van der Waals surface area (Å²) in [6.07, 6.45) is 1.03. The number of aromatic amines is 2. The summed E-state index contributed by atoms with van der Waals surface area (Å²) < 4.78 is 28.9. The van der Waals surface area contributed by atoms with Crippen LogP contribution in [0.5, 0.6) is 0 Å². The molecule has 3 aromatic rings. The van der Waals surface area contributed by atoms with Crippen LogP contribution in [0.2, 0.25) is 0 Å². The van der Waals surface area contributed by atoms with Crippen molar-refractivity contribution in [2.45, 2.75) is 51.0 Å². The SMILES string of the molecule is CC[C@H](C)c1ccc([C@H](NS(=O)(=O)c2ccc3[nH]c(=O)[nH]c(=O)c3c2)C(C)C)cc1. The van der Waals surface area contributed by atoms with E-state index in [0.717, 1.165) is 12.0 Å². The van der Waals surface area contributed by atoms with E-state index in [4.69, 9.17) is 0 Å². The predicted octanol–water partition coefficient (Wildman–Crippen LogP) is 3.41.